The third-order valence-corrected chi connectivity index (χ3v) is 2.70. The van der Waals surface area contributed by atoms with Crippen LogP contribution in [0.25, 0.3) is 0 Å². The number of phenolic OH excluding ortho intramolecular Hbond substituents is 1. The smallest absolute Gasteiger partial charge is 0.338 e. The highest BCUT2D eigenvalue weighted by Gasteiger charge is 2.10. The number of ether oxygens (including phenoxy) is 2. The van der Waals surface area contributed by atoms with Gasteiger partial charge in [0.2, 0.25) is 0 Å². The molecule has 0 saturated carbocycles. The van der Waals surface area contributed by atoms with Crippen molar-refractivity contribution in [3.63, 3.8) is 0 Å². The first-order valence-electron chi connectivity index (χ1n) is 5.88. The Morgan fingerprint density at radius 3 is 2.55 bits per heavy atom. The minimum atomic E-state index is -0.559. The Labute approximate surface area is 115 Å². The molecular formula is C15H13FO4. The summed E-state index contributed by atoms with van der Waals surface area (Å²) in [7, 11) is 1.46. The molecule has 5 heteroatoms. The molecule has 0 aromatic heterocycles. The van der Waals surface area contributed by atoms with Gasteiger partial charge in [0.15, 0.2) is 0 Å². The summed E-state index contributed by atoms with van der Waals surface area (Å²) in [6.07, 6.45) is 0. The number of hydrogen-bond donors (Lipinski definition) is 1. The van der Waals surface area contributed by atoms with E-state index in [2.05, 4.69) is 0 Å². The molecule has 0 saturated heterocycles. The van der Waals surface area contributed by atoms with Crippen LogP contribution < -0.4 is 4.74 Å². The van der Waals surface area contributed by atoms with E-state index in [1.165, 1.54) is 49.6 Å². The molecule has 0 fully saturated rings. The molecule has 104 valence electrons. The molecule has 0 bridgehead atoms. The lowest BCUT2D eigenvalue weighted by Crippen LogP contribution is -2.06. The van der Waals surface area contributed by atoms with Crippen LogP contribution in [0.1, 0.15) is 15.9 Å². The summed E-state index contributed by atoms with van der Waals surface area (Å²) in [5.74, 6) is -0.476. The zero-order chi connectivity index (χ0) is 14.5. The number of rotatable bonds is 4. The average Bonchev–Trinajstić information content (AvgIpc) is 2.45. The molecule has 2 aromatic carbocycles. The predicted octanol–water partition coefficient (Wildman–Crippen LogP) is 2.90. The topological polar surface area (TPSA) is 55.8 Å². The number of carbonyl (C=O) groups is 1. The molecule has 0 heterocycles. The second kappa shape index (κ2) is 6.06. The van der Waals surface area contributed by atoms with Crippen LogP contribution in [-0.2, 0) is 11.3 Å². The highest BCUT2D eigenvalue weighted by Crippen LogP contribution is 2.20. The molecule has 2 aromatic rings. The zero-order valence-electron chi connectivity index (χ0n) is 10.8. The molecule has 0 atom stereocenters. The lowest BCUT2D eigenvalue weighted by atomic mass is 10.2. The van der Waals surface area contributed by atoms with Crippen molar-refractivity contribution < 1.29 is 23.8 Å². The largest absolute Gasteiger partial charge is 0.508 e. The van der Waals surface area contributed by atoms with Crippen molar-refractivity contribution in [2.45, 2.75) is 6.61 Å². The van der Waals surface area contributed by atoms with E-state index in [1.807, 2.05) is 0 Å². The molecule has 1 N–H and O–H groups in total. The van der Waals surface area contributed by atoms with Crippen molar-refractivity contribution in [3.8, 4) is 11.5 Å². The van der Waals surface area contributed by atoms with Crippen LogP contribution in [-0.4, -0.2) is 18.2 Å². The Hall–Kier alpha value is -2.56. The number of methoxy groups -OCH3 is 1. The van der Waals surface area contributed by atoms with Crippen molar-refractivity contribution in [1.29, 1.82) is 0 Å². The molecule has 0 unspecified atom stereocenters. The van der Waals surface area contributed by atoms with Gasteiger partial charge in [-0.25, -0.2) is 9.18 Å². The summed E-state index contributed by atoms with van der Waals surface area (Å²) in [4.78, 5) is 11.8. The van der Waals surface area contributed by atoms with Crippen molar-refractivity contribution in [2.24, 2.45) is 0 Å². The van der Waals surface area contributed by atoms with Crippen LogP contribution >= 0.6 is 0 Å². The Balaban J connectivity index is 2.06. The SMILES string of the molecule is COc1ccc(F)cc1COC(=O)c1ccc(O)cc1. The summed E-state index contributed by atoms with van der Waals surface area (Å²) in [6, 6.07) is 9.66. The fraction of sp³-hybridized carbons (Fsp3) is 0.133. The van der Waals surface area contributed by atoms with Gasteiger partial charge in [0.05, 0.1) is 12.7 Å². The maximum absolute atomic E-state index is 13.2. The Morgan fingerprint density at radius 1 is 1.20 bits per heavy atom. The van der Waals surface area contributed by atoms with Gasteiger partial charge < -0.3 is 14.6 Å². The molecule has 0 radical (unpaired) electrons. The molecule has 4 nitrogen and oxygen atoms in total. The molecule has 0 aliphatic carbocycles. The van der Waals surface area contributed by atoms with Crippen LogP contribution in [0.4, 0.5) is 4.39 Å². The summed E-state index contributed by atoms with van der Waals surface area (Å²) in [5.41, 5.74) is 0.748. The van der Waals surface area contributed by atoms with Crippen molar-refractivity contribution in [3.05, 3.63) is 59.4 Å². The molecule has 0 spiro atoms. The molecule has 0 aliphatic rings. The number of halogens is 1. The van der Waals surface area contributed by atoms with Gasteiger partial charge in [0.25, 0.3) is 0 Å². The van der Waals surface area contributed by atoms with E-state index >= 15 is 0 Å². The number of benzene rings is 2. The van der Waals surface area contributed by atoms with E-state index in [0.717, 1.165) is 0 Å². The van der Waals surface area contributed by atoms with Gasteiger partial charge in [-0.15, -0.1) is 0 Å². The lowest BCUT2D eigenvalue weighted by molar-refractivity contribution is 0.0469. The van der Waals surface area contributed by atoms with Gasteiger partial charge in [-0.05, 0) is 42.5 Å². The Kier molecular flexibility index (Phi) is 4.20. The average molecular weight is 276 g/mol. The van der Waals surface area contributed by atoms with Gasteiger partial charge in [-0.1, -0.05) is 0 Å². The van der Waals surface area contributed by atoms with E-state index in [0.29, 0.717) is 16.9 Å². The van der Waals surface area contributed by atoms with Crippen LogP contribution in [0.3, 0.4) is 0 Å². The predicted molar refractivity (Wildman–Crippen MR) is 70.2 cm³/mol. The van der Waals surface area contributed by atoms with Gasteiger partial charge >= 0.3 is 5.97 Å². The lowest BCUT2D eigenvalue weighted by Gasteiger charge is -2.09. The van der Waals surface area contributed by atoms with Crippen molar-refractivity contribution in [2.75, 3.05) is 7.11 Å². The summed E-state index contributed by atoms with van der Waals surface area (Å²) in [6.45, 7) is -0.0966. The molecule has 0 amide bonds. The van der Waals surface area contributed by atoms with Gasteiger partial charge in [0.1, 0.15) is 23.9 Å². The first-order chi connectivity index (χ1) is 9.60. The van der Waals surface area contributed by atoms with E-state index < -0.39 is 11.8 Å². The van der Waals surface area contributed by atoms with E-state index in [1.54, 1.807) is 0 Å². The highest BCUT2D eigenvalue weighted by molar-refractivity contribution is 5.89. The second-order valence-electron chi connectivity index (χ2n) is 4.08. The normalized spacial score (nSPS) is 10.1. The standard InChI is InChI=1S/C15H13FO4/c1-19-14-7-4-12(16)8-11(14)9-20-15(18)10-2-5-13(17)6-3-10/h2-8,17H,9H2,1H3. The number of carbonyl (C=O) groups excluding carboxylic acids is 1. The minimum absolute atomic E-state index is 0.0633. The number of esters is 1. The number of aromatic hydroxyl groups is 1. The monoisotopic (exact) mass is 276 g/mol. The zero-order valence-corrected chi connectivity index (χ0v) is 10.8. The Bertz CT molecular complexity index is 608. The molecule has 2 rings (SSSR count). The summed E-state index contributed by atoms with van der Waals surface area (Å²) in [5, 5.41) is 9.13. The quantitative estimate of drug-likeness (QED) is 0.872. The van der Waals surface area contributed by atoms with E-state index in [-0.39, 0.29) is 12.4 Å². The Morgan fingerprint density at radius 2 is 1.90 bits per heavy atom. The minimum Gasteiger partial charge on any atom is -0.508 e. The molecule has 20 heavy (non-hydrogen) atoms. The first-order valence-corrected chi connectivity index (χ1v) is 5.88. The first kappa shape index (κ1) is 13.9. The van der Waals surface area contributed by atoms with Crippen LogP contribution in [0.15, 0.2) is 42.5 Å². The van der Waals surface area contributed by atoms with Crippen LogP contribution in [0, 0.1) is 5.82 Å². The van der Waals surface area contributed by atoms with Gasteiger partial charge in [-0.3, -0.25) is 0 Å². The number of hydrogen-bond acceptors (Lipinski definition) is 4. The van der Waals surface area contributed by atoms with Crippen molar-refractivity contribution >= 4 is 5.97 Å². The number of phenols is 1. The van der Waals surface area contributed by atoms with Gasteiger partial charge in [0, 0.05) is 5.56 Å². The third kappa shape index (κ3) is 3.26. The van der Waals surface area contributed by atoms with E-state index in [4.69, 9.17) is 14.6 Å². The van der Waals surface area contributed by atoms with Crippen LogP contribution in [0.5, 0.6) is 11.5 Å². The highest BCUT2D eigenvalue weighted by atomic mass is 19.1. The summed E-state index contributed by atoms with van der Waals surface area (Å²) < 4.78 is 23.3. The molecular weight excluding hydrogens is 263 g/mol. The fourth-order valence-electron chi connectivity index (χ4n) is 1.68. The second-order valence-corrected chi connectivity index (χ2v) is 4.08. The molecule has 0 aliphatic heterocycles. The van der Waals surface area contributed by atoms with Gasteiger partial charge in [-0.2, -0.15) is 0 Å². The summed E-state index contributed by atoms with van der Waals surface area (Å²) >= 11 is 0. The maximum atomic E-state index is 13.2. The maximum Gasteiger partial charge on any atom is 0.338 e. The van der Waals surface area contributed by atoms with E-state index in [9.17, 15) is 9.18 Å². The third-order valence-electron chi connectivity index (χ3n) is 2.70. The van der Waals surface area contributed by atoms with Crippen molar-refractivity contribution in [1.82, 2.24) is 0 Å². The van der Waals surface area contributed by atoms with Crippen LogP contribution in [0.2, 0.25) is 0 Å². The fourth-order valence-corrected chi connectivity index (χ4v) is 1.68.